The van der Waals surface area contributed by atoms with Gasteiger partial charge in [-0.25, -0.2) is 9.97 Å². The molecule has 7 heteroatoms. The lowest BCUT2D eigenvalue weighted by Crippen LogP contribution is -2.24. The number of nitrogens with zero attached hydrogens (tertiary/aromatic N) is 4. The number of ether oxygens (including phenoxy) is 2. The second kappa shape index (κ2) is 6.64. The van der Waals surface area contributed by atoms with E-state index in [0.717, 1.165) is 35.8 Å². The summed E-state index contributed by atoms with van der Waals surface area (Å²) in [5.41, 5.74) is 3.18. The monoisotopic (exact) mass is 317 g/mol. The summed E-state index contributed by atoms with van der Waals surface area (Å²) in [5, 5.41) is 7.82. The molecule has 1 saturated heterocycles. The lowest BCUT2D eigenvalue weighted by molar-refractivity contribution is 0.107. The molecule has 0 saturated carbocycles. The van der Waals surface area contributed by atoms with Gasteiger partial charge in [0, 0.05) is 43.8 Å². The van der Waals surface area contributed by atoms with E-state index in [9.17, 15) is 0 Å². The minimum absolute atomic E-state index is 0.00940. The molecule has 1 N–H and O–H groups in total. The first-order chi connectivity index (χ1) is 11.1. The molecule has 7 nitrogen and oxygen atoms in total. The predicted octanol–water partition coefficient (Wildman–Crippen LogP) is 1.92. The van der Waals surface area contributed by atoms with E-state index in [-0.39, 0.29) is 12.1 Å². The van der Waals surface area contributed by atoms with Crippen LogP contribution in [0.25, 0.3) is 0 Å². The third-order valence-electron chi connectivity index (χ3n) is 4.18. The van der Waals surface area contributed by atoms with Gasteiger partial charge in [-0.2, -0.15) is 5.10 Å². The van der Waals surface area contributed by atoms with Crippen LogP contribution in [0.4, 0.5) is 5.82 Å². The Morgan fingerprint density at radius 3 is 2.91 bits per heavy atom. The third kappa shape index (κ3) is 3.35. The number of hydrogen-bond donors (Lipinski definition) is 1. The molecule has 1 fully saturated rings. The molecule has 0 aliphatic carbocycles. The van der Waals surface area contributed by atoms with Crippen LogP contribution in [-0.4, -0.2) is 39.5 Å². The number of methoxy groups -OCH3 is 1. The Labute approximate surface area is 136 Å². The van der Waals surface area contributed by atoms with Crippen LogP contribution in [0, 0.1) is 13.8 Å². The first kappa shape index (κ1) is 15.9. The highest BCUT2D eigenvalue weighted by Gasteiger charge is 2.32. The smallest absolute Gasteiger partial charge is 0.156 e. The minimum atomic E-state index is -0.00940. The van der Waals surface area contributed by atoms with Crippen LogP contribution >= 0.6 is 0 Å². The van der Waals surface area contributed by atoms with E-state index in [0.29, 0.717) is 12.4 Å². The number of aromatic nitrogens is 4. The number of anilines is 1. The Morgan fingerprint density at radius 1 is 1.39 bits per heavy atom. The van der Waals surface area contributed by atoms with E-state index >= 15 is 0 Å². The van der Waals surface area contributed by atoms with Gasteiger partial charge in [-0.15, -0.1) is 0 Å². The van der Waals surface area contributed by atoms with E-state index in [4.69, 9.17) is 9.47 Å². The molecule has 2 aromatic heterocycles. The van der Waals surface area contributed by atoms with Crippen molar-refractivity contribution >= 4 is 5.82 Å². The summed E-state index contributed by atoms with van der Waals surface area (Å²) < 4.78 is 12.9. The van der Waals surface area contributed by atoms with Crippen molar-refractivity contribution in [2.45, 2.75) is 39.0 Å². The zero-order valence-electron chi connectivity index (χ0n) is 14.0. The van der Waals surface area contributed by atoms with Crippen LogP contribution in [-0.2, 0) is 23.1 Å². The summed E-state index contributed by atoms with van der Waals surface area (Å²) in [7, 11) is 3.59. The van der Waals surface area contributed by atoms with E-state index < -0.39 is 0 Å². The van der Waals surface area contributed by atoms with Gasteiger partial charge in [-0.05, 0) is 20.3 Å². The molecule has 2 aromatic rings. The number of nitrogens with one attached hydrogen (secondary N) is 1. The van der Waals surface area contributed by atoms with Gasteiger partial charge in [0.2, 0.25) is 0 Å². The van der Waals surface area contributed by atoms with Gasteiger partial charge in [-0.1, -0.05) is 0 Å². The van der Waals surface area contributed by atoms with Crippen LogP contribution < -0.4 is 5.32 Å². The standard InChI is InChI=1S/C16H23N5O2/c1-10-7-14(20-15(18-10)9-22-4)19-13-5-6-23-16(13)12-8-17-21(3)11(12)2/h7-8,13,16H,5-6,9H2,1-4H3,(H,18,19,20)/t13-,16+/m0/s1. The van der Waals surface area contributed by atoms with Gasteiger partial charge in [0.05, 0.1) is 12.2 Å². The Morgan fingerprint density at radius 2 is 2.22 bits per heavy atom. The second-order valence-corrected chi connectivity index (χ2v) is 5.88. The van der Waals surface area contributed by atoms with Crippen LogP contribution in [0.15, 0.2) is 12.3 Å². The van der Waals surface area contributed by atoms with Crippen molar-refractivity contribution in [2.24, 2.45) is 7.05 Å². The molecule has 0 aromatic carbocycles. The van der Waals surface area contributed by atoms with Crippen LogP contribution in [0.3, 0.4) is 0 Å². The first-order valence-electron chi connectivity index (χ1n) is 7.78. The topological polar surface area (TPSA) is 74.1 Å². The van der Waals surface area contributed by atoms with Gasteiger partial charge in [0.25, 0.3) is 0 Å². The van der Waals surface area contributed by atoms with E-state index in [1.165, 1.54) is 0 Å². The van der Waals surface area contributed by atoms with Crippen molar-refractivity contribution in [3.05, 3.63) is 35.0 Å². The molecule has 0 unspecified atom stereocenters. The molecule has 2 atom stereocenters. The average molecular weight is 317 g/mol. The fourth-order valence-corrected chi connectivity index (χ4v) is 2.93. The van der Waals surface area contributed by atoms with Crippen molar-refractivity contribution in [2.75, 3.05) is 19.0 Å². The molecule has 0 spiro atoms. The van der Waals surface area contributed by atoms with E-state index in [1.54, 1.807) is 7.11 Å². The molecule has 124 valence electrons. The zero-order valence-corrected chi connectivity index (χ0v) is 14.0. The molecule has 1 aliphatic rings. The summed E-state index contributed by atoms with van der Waals surface area (Å²) in [6.45, 7) is 5.15. The maximum atomic E-state index is 5.94. The van der Waals surface area contributed by atoms with E-state index in [1.807, 2.05) is 30.9 Å². The van der Waals surface area contributed by atoms with Crippen molar-refractivity contribution < 1.29 is 9.47 Å². The molecular formula is C16H23N5O2. The zero-order chi connectivity index (χ0) is 16.4. The van der Waals surface area contributed by atoms with Crippen molar-refractivity contribution in [1.29, 1.82) is 0 Å². The predicted molar refractivity (Wildman–Crippen MR) is 86.1 cm³/mol. The van der Waals surface area contributed by atoms with Crippen molar-refractivity contribution in [3.63, 3.8) is 0 Å². The largest absolute Gasteiger partial charge is 0.377 e. The van der Waals surface area contributed by atoms with Gasteiger partial charge in [0.15, 0.2) is 5.82 Å². The van der Waals surface area contributed by atoms with Crippen LogP contribution in [0.2, 0.25) is 0 Å². The Hall–Kier alpha value is -1.99. The Balaban J connectivity index is 1.80. The highest BCUT2D eigenvalue weighted by atomic mass is 16.5. The second-order valence-electron chi connectivity index (χ2n) is 5.88. The molecule has 1 aliphatic heterocycles. The fraction of sp³-hybridized carbons (Fsp3) is 0.562. The summed E-state index contributed by atoms with van der Waals surface area (Å²) >= 11 is 0. The quantitative estimate of drug-likeness (QED) is 0.908. The summed E-state index contributed by atoms with van der Waals surface area (Å²) in [6, 6.07) is 2.12. The minimum Gasteiger partial charge on any atom is -0.377 e. The molecule has 23 heavy (non-hydrogen) atoms. The van der Waals surface area contributed by atoms with Gasteiger partial charge in [-0.3, -0.25) is 4.68 Å². The summed E-state index contributed by atoms with van der Waals surface area (Å²) in [6.07, 6.45) is 2.81. The Bertz CT molecular complexity index is 685. The maximum Gasteiger partial charge on any atom is 0.156 e. The van der Waals surface area contributed by atoms with E-state index in [2.05, 4.69) is 27.3 Å². The molecule has 3 heterocycles. The van der Waals surface area contributed by atoms with Crippen LogP contribution in [0.5, 0.6) is 0 Å². The SMILES string of the molecule is COCc1nc(C)cc(N[C@H]2CCO[C@@H]2c2cnn(C)c2C)n1. The van der Waals surface area contributed by atoms with Gasteiger partial charge >= 0.3 is 0 Å². The lowest BCUT2D eigenvalue weighted by atomic mass is 10.0. The normalized spacial score (nSPS) is 20.9. The fourth-order valence-electron chi connectivity index (χ4n) is 2.93. The summed E-state index contributed by atoms with van der Waals surface area (Å²) in [4.78, 5) is 8.89. The highest BCUT2D eigenvalue weighted by Crippen LogP contribution is 2.32. The molecular weight excluding hydrogens is 294 g/mol. The van der Waals surface area contributed by atoms with Crippen molar-refractivity contribution in [3.8, 4) is 0 Å². The highest BCUT2D eigenvalue weighted by molar-refractivity contribution is 5.39. The van der Waals surface area contributed by atoms with Crippen molar-refractivity contribution in [1.82, 2.24) is 19.7 Å². The molecule has 0 bridgehead atoms. The average Bonchev–Trinajstić information content (AvgIpc) is 3.07. The number of hydrogen-bond acceptors (Lipinski definition) is 6. The molecule has 0 amide bonds. The first-order valence-corrected chi connectivity index (χ1v) is 7.78. The summed E-state index contributed by atoms with van der Waals surface area (Å²) in [5.74, 6) is 1.50. The Kier molecular flexibility index (Phi) is 4.58. The maximum absolute atomic E-state index is 5.94. The van der Waals surface area contributed by atoms with Gasteiger partial charge in [0.1, 0.15) is 18.5 Å². The van der Waals surface area contributed by atoms with Crippen LogP contribution in [0.1, 0.15) is 35.3 Å². The molecule has 0 radical (unpaired) electrons. The molecule has 3 rings (SSSR count). The number of aryl methyl sites for hydroxylation is 2. The number of rotatable bonds is 5. The lowest BCUT2D eigenvalue weighted by Gasteiger charge is -2.20. The van der Waals surface area contributed by atoms with Gasteiger partial charge < -0.3 is 14.8 Å². The third-order valence-corrected chi connectivity index (χ3v) is 4.18.